The van der Waals surface area contributed by atoms with Crippen LogP contribution in [0.5, 0.6) is 0 Å². The number of primary amides is 1. The van der Waals surface area contributed by atoms with E-state index in [0.29, 0.717) is 6.61 Å². The molecular formula is C13H24N2O3. The number of amides is 1. The van der Waals surface area contributed by atoms with Crippen LogP contribution in [-0.2, 0) is 14.3 Å². The summed E-state index contributed by atoms with van der Waals surface area (Å²) in [5.74, 6) is -1.54. The van der Waals surface area contributed by atoms with Crippen molar-refractivity contribution in [3.05, 3.63) is 12.2 Å². The van der Waals surface area contributed by atoms with Crippen LogP contribution in [0.15, 0.2) is 12.2 Å². The Kier molecular flexibility index (Phi) is 9.96. The standard InChI is InChI=1S/C13H24N2O3/c1-11(12(14)16)13(17)18-10-8-6-4-3-5-7-9-15-2/h15H,1,3-10H2,2H3,(H2,14,16). The van der Waals surface area contributed by atoms with Crippen molar-refractivity contribution in [1.82, 2.24) is 5.32 Å². The van der Waals surface area contributed by atoms with Crippen LogP contribution in [0.4, 0.5) is 0 Å². The number of hydrogen-bond donors (Lipinski definition) is 2. The van der Waals surface area contributed by atoms with Gasteiger partial charge in [0.25, 0.3) is 5.91 Å². The van der Waals surface area contributed by atoms with E-state index in [-0.39, 0.29) is 5.57 Å². The van der Waals surface area contributed by atoms with E-state index in [0.717, 1.165) is 25.8 Å². The number of rotatable bonds is 11. The van der Waals surface area contributed by atoms with Gasteiger partial charge in [-0.25, -0.2) is 4.79 Å². The monoisotopic (exact) mass is 256 g/mol. The van der Waals surface area contributed by atoms with Gasteiger partial charge in [-0.05, 0) is 26.4 Å². The lowest BCUT2D eigenvalue weighted by atomic mass is 10.1. The van der Waals surface area contributed by atoms with E-state index in [2.05, 4.69) is 11.9 Å². The number of carbonyl (C=O) groups excluding carboxylic acids is 2. The number of esters is 1. The molecule has 0 aliphatic heterocycles. The summed E-state index contributed by atoms with van der Waals surface area (Å²) in [5.41, 5.74) is 4.61. The minimum Gasteiger partial charge on any atom is -0.462 e. The van der Waals surface area contributed by atoms with Crippen molar-refractivity contribution in [2.24, 2.45) is 5.73 Å². The Balaban J connectivity index is 3.33. The number of carbonyl (C=O) groups is 2. The molecule has 0 rings (SSSR count). The number of unbranched alkanes of at least 4 members (excludes halogenated alkanes) is 5. The smallest absolute Gasteiger partial charge is 0.343 e. The topological polar surface area (TPSA) is 81.4 Å². The van der Waals surface area contributed by atoms with E-state index < -0.39 is 11.9 Å². The lowest BCUT2D eigenvalue weighted by molar-refractivity contribution is -0.140. The molecule has 0 radical (unpaired) electrons. The molecule has 5 heteroatoms. The zero-order valence-corrected chi connectivity index (χ0v) is 11.2. The van der Waals surface area contributed by atoms with Crippen LogP contribution in [0.2, 0.25) is 0 Å². The highest BCUT2D eigenvalue weighted by Gasteiger charge is 2.13. The molecule has 1 amide bonds. The molecule has 0 aliphatic carbocycles. The summed E-state index contributed by atoms with van der Waals surface area (Å²) < 4.78 is 4.86. The second-order valence-electron chi connectivity index (χ2n) is 4.20. The van der Waals surface area contributed by atoms with E-state index in [1.807, 2.05) is 7.05 Å². The average Bonchev–Trinajstić information content (AvgIpc) is 2.35. The zero-order chi connectivity index (χ0) is 13.8. The second-order valence-corrected chi connectivity index (χ2v) is 4.20. The van der Waals surface area contributed by atoms with E-state index in [1.165, 1.54) is 19.3 Å². The van der Waals surface area contributed by atoms with Crippen molar-refractivity contribution >= 4 is 11.9 Å². The summed E-state index contributed by atoms with van der Waals surface area (Å²) in [6.45, 7) is 4.64. The molecule has 0 saturated heterocycles. The van der Waals surface area contributed by atoms with Crippen LogP contribution in [0.25, 0.3) is 0 Å². The maximum absolute atomic E-state index is 11.2. The van der Waals surface area contributed by atoms with Gasteiger partial charge < -0.3 is 15.8 Å². The molecule has 0 saturated carbocycles. The SMILES string of the molecule is C=C(C(N)=O)C(=O)OCCCCCCCCNC. The molecule has 0 aliphatic rings. The first kappa shape index (κ1) is 16.6. The minimum absolute atomic E-state index is 0.290. The molecule has 0 spiro atoms. The van der Waals surface area contributed by atoms with Gasteiger partial charge in [-0.15, -0.1) is 0 Å². The first-order valence-corrected chi connectivity index (χ1v) is 6.40. The number of ether oxygens (including phenoxy) is 1. The van der Waals surface area contributed by atoms with Crippen LogP contribution >= 0.6 is 0 Å². The molecule has 0 bridgehead atoms. The number of nitrogens with one attached hydrogen (secondary N) is 1. The van der Waals surface area contributed by atoms with E-state index in [4.69, 9.17) is 10.5 Å². The lowest BCUT2D eigenvalue weighted by Gasteiger charge is -2.05. The third-order valence-electron chi connectivity index (χ3n) is 2.60. The van der Waals surface area contributed by atoms with Crippen molar-refractivity contribution in [2.75, 3.05) is 20.2 Å². The Morgan fingerprint density at radius 1 is 1.11 bits per heavy atom. The van der Waals surface area contributed by atoms with Gasteiger partial charge in [-0.1, -0.05) is 32.3 Å². The molecule has 0 aromatic carbocycles. The van der Waals surface area contributed by atoms with Gasteiger partial charge in [-0.2, -0.15) is 0 Å². The third-order valence-corrected chi connectivity index (χ3v) is 2.60. The summed E-state index contributed by atoms with van der Waals surface area (Å²) in [5, 5.41) is 3.11. The maximum Gasteiger partial charge on any atom is 0.343 e. The van der Waals surface area contributed by atoms with Gasteiger partial charge in [0.2, 0.25) is 0 Å². The van der Waals surface area contributed by atoms with E-state index in [9.17, 15) is 9.59 Å². The fraction of sp³-hybridized carbons (Fsp3) is 0.692. The maximum atomic E-state index is 11.2. The van der Waals surface area contributed by atoms with E-state index >= 15 is 0 Å². The Morgan fingerprint density at radius 2 is 1.67 bits per heavy atom. The van der Waals surface area contributed by atoms with Crippen LogP contribution in [0, 0.1) is 0 Å². The Bertz CT molecular complexity index is 277. The zero-order valence-electron chi connectivity index (χ0n) is 11.2. The van der Waals surface area contributed by atoms with Gasteiger partial charge in [0.05, 0.1) is 6.61 Å². The summed E-state index contributed by atoms with van der Waals surface area (Å²) in [6, 6.07) is 0. The van der Waals surface area contributed by atoms with Gasteiger partial charge >= 0.3 is 5.97 Å². The van der Waals surface area contributed by atoms with Crippen LogP contribution in [0.3, 0.4) is 0 Å². The molecule has 5 nitrogen and oxygen atoms in total. The van der Waals surface area contributed by atoms with Gasteiger partial charge in [0, 0.05) is 0 Å². The predicted octanol–water partition coefficient (Wildman–Crippen LogP) is 1.13. The van der Waals surface area contributed by atoms with Gasteiger partial charge in [0.1, 0.15) is 5.57 Å². The van der Waals surface area contributed by atoms with E-state index in [1.54, 1.807) is 0 Å². The molecule has 3 N–H and O–H groups in total. The van der Waals surface area contributed by atoms with Crippen molar-refractivity contribution in [1.29, 1.82) is 0 Å². The fourth-order valence-corrected chi connectivity index (χ4v) is 1.46. The Labute approximate surface area is 109 Å². The van der Waals surface area contributed by atoms with Crippen LogP contribution in [0.1, 0.15) is 38.5 Å². The van der Waals surface area contributed by atoms with Crippen molar-refractivity contribution in [3.8, 4) is 0 Å². The van der Waals surface area contributed by atoms with Crippen LogP contribution in [-0.4, -0.2) is 32.1 Å². The average molecular weight is 256 g/mol. The quantitative estimate of drug-likeness (QED) is 0.191. The Hall–Kier alpha value is -1.36. The first-order valence-electron chi connectivity index (χ1n) is 6.40. The molecule has 0 aromatic rings. The van der Waals surface area contributed by atoms with Gasteiger partial charge in [-0.3, -0.25) is 4.79 Å². The minimum atomic E-state index is -0.829. The molecule has 0 heterocycles. The lowest BCUT2D eigenvalue weighted by Crippen LogP contribution is -2.21. The molecule has 18 heavy (non-hydrogen) atoms. The largest absolute Gasteiger partial charge is 0.462 e. The highest BCUT2D eigenvalue weighted by atomic mass is 16.5. The number of hydrogen-bond acceptors (Lipinski definition) is 4. The summed E-state index contributed by atoms with van der Waals surface area (Å²) >= 11 is 0. The van der Waals surface area contributed by atoms with Crippen molar-refractivity contribution in [2.45, 2.75) is 38.5 Å². The van der Waals surface area contributed by atoms with Crippen LogP contribution < -0.4 is 11.1 Å². The molecule has 0 unspecified atom stereocenters. The molecule has 0 aromatic heterocycles. The first-order chi connectivity index (χ1) is 8.59. The van der Waals surface area contributed by atoms with Crippen molar-refractivity contribution in [3.63, 3.8) is 0 Å². The highest BCUT2D eigenvalue weighted by Crippen LogP contribution is 2.05. The Morgan fingerprint density at radius 3 is 2.22 bits per heavy atom. The molecule has 104 valence electrons. The highest BCUT2D eigenvalue weighted by molar-refractivity contribution is 6.15. The summed E-state index contributed by atoms with van der Waals surface area (Å²) in [7, 11) is 1.95. The molecular weight excluding hydrogens is 232 g/mol. The second kappa shape index (κ2) is 10.8. The summed E-state index contributed by atoms with van der Waals surface area (Å²) in [6.07, 6.45) is 6.59. The predicted molar refractivity (Wildman–Crippen MR) is 70.9 cm³/mol. The van der Waals surface area contributed by atoms with Crippen molar-refractivity contribution < 1.29 is 14.3 Å². The summed E-state index contributed by atoms with van der Waals surface area (Å²) in [4.78, 5) is 21.8. The normalized spacial score (nSPS) is 10.1. The third kappa shape index (κ3) is 8.75. The molecule has 0 fully saturated rings. The molecule has 0 atom stereocenters. The number of nitrogens with two attached hydrogens (primary N) is 1. The van der Waals surface area contributed by atoms with Gasteiger partial charge in [0.15, 0.2) is 0 Å². The fourth-order valence-electron chi connectivity index (χ4n) is 1.46.